The lowest BCUT2D eigenvalue weighted by Crippen LogP contribution is -2.03. The maximum Gasteiger partial charge on any atom is 0.283 e. The first kappa shape index (κ1) is 14.7. The van der Waals surface area contributed by atoms with Crippen LogP contribution in [0.5, 0.6) is 0 Å². The Balaban J connectivity index is 2.43. The first-order valence-electron chi connectivity index (χ1n) is 5.72. The molecule has 0 amide bonds. The summed E-state index contributed by atoms with van der Waals surface area (Å²) in [5.41, 5.74) is 0.873. The molecule has 0 aromatic heterocycles. The summed E-state index contributed by atoms with van der Waals surface area (Å²) < 4.78 is 41.1. The van der Waals surface area contributed by atoms with E-state index in [0.717, 1.165) is 5.56 Å². The fourth-order valence-electron chi connectivity index (χ4n) is 1.55. The van der Waals surface area contributed by atoms with Gasteiger partial charge in [-0.2, -0.15) is 8.42 Å². The van der Waals surface area contributed by atoms with Crippen LogP contribution >= 0.6 is 11.6 Å². The van der Waals surface area contributed by atoms with Crippen molar-refractivity contribution in [1.29, 1.82) is 0 Å². The average molecular weight is 312 g/mol. The maximum absolute atomic E-state index is 13.5. The Hall–Kier alpha value is -1.72. The number of hydrogen-bond acceptors (Lipinski definition) is 2. The lowest BCUT2D eigenvalue weighted by atomic mass is 10.2. The highest BCUT2D eigenvalue weighted by Crippen LogP contribution is 2.17. The number of hydrogen-bond donors (Lipinski definition) is 0. The van der Waals surface area contributed by atoms with E-state index in [1.165, 1.54) is 30.3 Å². The Morgan fingerprint density at radius 2 is 1.70 bits per heavy atom. The van der Waals surface area contributed by atoms with Crippen molar-refractivity contribution in [2.45, 2.75) is 11.8 Å². The molecule has 0 heterocycles. The average Bonchev–Trinajstić information content (AvgIpc) is 2.39. The Bertz CT molecular complexity index is 755. The highest BCUT2D eigenvalue weighted by Gasteiger charge is 2.15. The predicted octanol–water partition coefficient (Wildman–Crippen LogP) is 3.51. The van der Waals surface area contributed by atoms with E-state index in [4.69, 9.17) is 11.6 Å². The van der Waals surface area contributed by atoms with Gasteiger partial charge < -0.3 is 0 Å². The number of sulfonamides is 1. The largest absolute Gasteiger partial charge is 0.283 e. The van der Waals surface area contributed by atoms with Gasteiger partial charge in [-0.3, -0.25) is 0 Å². The SMILES string of the molecule is Cc1ccc(S(=O)(=O)/N=C(/Cl)c2ccccc2F)cc1. The summed E-state index contributed by atoms with van der Waals surface area (Å²) >= 11 is 5.81. The fraction of sp³-hybridized carbons (Fsp3) is 0.0714. The normalized spacial score (nSPS) is 12.4. The van der Waals surface area contributed by atoms with Gasteiger partial charge in [-0.05, 0) is 31.2 Å². The first-order chi connectivity index (χ1) is 9.40. The highest BCUT2D eigenvalue weighted by atomic mass is 35.5. The van der Waals surface area contributed by atoms with Gasteiger partial charge in [0.2, 0.25) is 0 Å². The molecule has 0 radical (unpaired) electrons. The molecule has 0 aliphatic rings. The van der Waals surface area contributed by atoms with Crippen LogP contribution in [0.4, 0.5) is 4.39 Å². The molecule has 2 aromatic rings. The maximum atomic E-state index is 13.5. The molecule has 0 aliphatic heterocycles. The highest BCUT2D eigenvalue weighted by molar-refractivity contribution is 7.90. The van der Waals surface area contributed by atoms with Gasteiger partial charge in [-0.1, -0.05) is 41.4 Å². The molecule has 0 saturated carbocycles. The Kier molecular flexibility index (Phi) is 4.20. The van der Waals surface area contributed by atoms with Crippen molar-refractivity contribution in [2.75, 3.05) is 0 Å². The molecular weight excluding hydrogens is 301 g/mol. The molecule has 0 fully saturated rings. The summed E-state index contributed by atoms with van der Waals surface area (Å²) in [7, 11) is -3.95. The molecule has 6 heteroatoms. The molecule has 0 saturated heterocycles. The van der Waals surface area contributed by atoms with Crippen molar-refractivity contribution in [2.24, 2.45) is 4.40 Å². The number of aryl methyl sites for hydroxylation is 1. The van der Waals surface area contributed by atoms with Gasteiger partial charge in [0.05, 0.1) is 4.90 Å². The molecule has 20 heavy (non-hydrogen) atoms. The van der Waals surface area contributed by atoms with Crippen LogP contribution in [0.2, 0.25) is 0 Å². The second-order valence-corrected chi connectivity index (χ2v) is 6.11. The van der Waals surface area contributed by atoms with E-state index in [1.807, 2.05) is 6.92 Å². The summed E-state index contributed by atoms with van der Waals surface area (Å²) in [5, 5.41) is -0.399. The van der Waals surface area contributed by atoms with Crippen LogP contribution in [0.1, 0.15) is 11.1 Å². The zero-order chi connectivity index (χ0) is 14.8. The predicted molar refractivity (Wildman–Crippen MR) is 77.2 cm³/mol. The third-order valence-corrected chi connectivity index (χ3v) is 4.29. The van der Waals surface area contributed by atoms with Crippen LogP contribution in [0.25, 0.3) is 0 Å². The Labute approximate surface area is 121 Å². The topological polar surface area (TPSA) is 46.5 Å². The van der Waals surface area contributed by atoms with Crippen molar-refractivity contribution in [3.63, 3.8) is 0 Å². The lowest BCUT2D eigenvalue weighted by Gasteiger charge is -2.02. The lowest BCUT2D eigenvalue weighted by molar-refractivity contribution is 0.598. The molecule has 0 unspecified atom stereocenters. The molecule has 0 bridgehead atoms. The zero-order valence-corrected chi connectivity index (χ0v) is 12.1. The van der Waals surface area contributed by atoms with Gasteiger partial charge in [-0.25, -0.2) is 4.39 Å². The van der Waals surface area contributed by atoms with Crippen molar-refractivity contribution in [3.8, 4) is 0 Å². The smallest absolute Gasteiger partial charge is 0.206 e. The Morgan fingerprint density at radius 1 is 1.10 bits per heavy atom. The van der Waals surface area contributed by atoms with Crippen LogP contribution in [0.15, 0.2) is 57.8 Å². The summed E-state index contributed by atoms with van der Waals surface area (Å²) in [6.07, 6.45) is 0. The number of benzene rings is 2. The molecule has 104 valence electrons. The van der Waals surface area contributed by atoms with Crippen molar-refractivity contribution in [1.82, 2.24) is 0 Å². The van der Waals surface area contributed by atoms with Crippen LogP contribution in [-0.2, 0) is 10.0 Å². The van der Waals surface area contributed by atoms with E-state index < -0.39 is 21.0 Å². The summed E-state index contributed by atoms with van der Waals surface area (Å²) in [6, 6.07) is 11.8. The first-order valence-corrected chi connectivity index (χ1v) is 7.54. The van der Waals surface area contributed by atoms with Gasteiger partial charge in [0.15, 0.2) is 5.17 Å². The molecular formula is C14H11ClFNO2S. The molecule has 2 aromatic carbocycles. The minimum absolute atomic E-state index is 0.0117. The standard InChI is InChI=1S/C14H11ClFNO2S/c1-10-6-8-11(9-7-10)20(18,19)17-14(15)12-4-2-3-5-13(12)16/h2-9H,1H3/b17-14+. The second kappa shape index (κ2) is 5.73. The van der Waals surface area contributed by atoms with E-state index >= 15 is 0 Å². The van der Waals surface area contributed by atoms with E-state index in [1.54, 1.807) is 18.2 Å². The fourth-order valence-corrected chi connectivity index (χ4v) is 2.87. The minimum atomic E-state index is -3.95. The number of rotatable bonds is 3. The van der Waals surface area contributed by atoms with Gasteiger partial charge >= 0.3 is 0 Å². The summed E-state index contributed by atoms with van der Waals surface area (Å²) in [4.78, 5) is 0.0117. The second-order valence-electron chi connectivity index (χ2n) is 4.15. The molecule has 0 spiro atoms. The summed E-state index contributed by atoms with van der Waals surface area (Å²) in [6.45, 7) is 1.84. The van der Waals surface area contributed by atoms with E-state index in [-0.39, 0.29) is 10.5 Å². The van der Waals surface area contributed by atoms with Gasteiger partial charge in [0.25, 0.3) is 10.0 Å². The van der Waals surface area contributed by atoms with Crippen LogP contribution in [0, 0.1) is 12.7 Å². The van der Waals surface area contributed by atoms with E-state index in [9.17, 15) is 12.8 Å². The van der Waals surface area contributed by atoms with Crippen LogP contribution in [0.3, 0.4) is 0 Å². The molecule has 3 nitrogen and oxygen atoms in total. The van der Waals surface area contributed by atoms with Crippen LogP contribution < -0.4 is 0 Å². The van der Waals surface area contributed by atoms with Crippen molar-refractivity contribution in [3.05, 3.63) is 65.5 Å². The van der Waals surface area contributed by atoms with Gasteiger partial charge in [0, 0.05) is 5.56 Å². The molecule has 2 rings (SSSR count). The zero-order valence-electron chi connectivity index (χ0n) is 10.5. The summed E-state index contributed by atoms with van der Waals surface area (Å²) in [5.74, 6) is -0.625. The minimum Gasteiger partial charge on any atom is -0.206 e. The van der Waals surface area contributed by atoms with Gasteiger partial charge in [0.1, 0.15) is 5.82 Å². The van der Waals surface area contributed by atoms with Crippen molar-refractivity contribution >= 4 is 26.8 Å². The van der Waals surface area contributed by atoms with Gasteiger partial charge in [-0.15, -0.1) is 4.40 Å². The molecule has 0 aliphatic carbocycles. The van der Waals surface area contributed by atoms with Crippen molar-refractivity contribution < 1.29 is 12.8 Å². The molecule has 0 N–H and O–H groups in total. The quantitative estimate of drug-likeness (QED) is 0.814. The third kappa shape index (κ3) is 3.23. The molecule has 0 atom stereocenters. The monoisotopic (exact) mass is 311 g/mol. The number of halogens is 2. The van der Waals surface area contributed by atoms with E-state index in [0.29, 0.717) is 0 Å². The number of nitrogens with zero attached hydrogens (tertiary/aromatic N) is 1. The van der Waals surface area contributed by atoms with E-state index in [2.05, 4.69) is 4.40 Å². The van der Waals surface area contributed by atoms with Crippen LogP contribution in [-0.4, -0.2) is 13.6 Å². The Morgan fingerprint density at radius 3 is 2.30 bits per heavy atom. The third-order valence-electron chi connectivity index (χ3n) is 2.62.